The van der Waals surface area contributed by atoms with Gasteiger partial charge in [-0.3, -0.25) is 0 Å². The molecule has 0 fully saturated rings. The summed E-state index contributed by atoms with van der Waals surface area (Å²) in [6.07, 6.45) is 7.84. The Bertz CT molecular complexity index is 774. The predicted octanol–water partition coefficient (Wildman–Crippen LogP) is 1.88. The zero-order valence-electron chi connectivity index (χ0n) is 13.9. The number of aliphatic hydroxyl groups is 1. The number of imidazole rings is 1. The number of hydrogen-bond donors (Lipinski definition) is 3. The number of carbonyl (C=O) groups is 1. The fourth-order valence-corrected chi connectivity index (χ4v) is 3.00. The van der Waals surface area contributed by atoms with Gasteiger partial charge in [0.1, 0.15) is 17.7 Å². The van der Waals surface area contributed by atoms with E-state index in [-0.39, 0.29) is 30.4 Å². The van der Waals surface area contributed by atoms with E-state index in [4.69, 9.17) is 5.11 Å². The normalized spacial score (nSPS) is 20.4. The van der Waals surface area contributed by atoms with E-state index in [1.54, 1.807) is 29.1 Å². The van der Waals surface area contributed by atoms with Crippen LogP contribution in [0.3, 0.4) is 0 Å². The molecule has 2 amide bonds. The molecule has 0 saturated heterocycles. The first-order chi connectivity index (χ1) is 12.1. The van der Waals surface area contributed by atoms with Crippen molar-refractivity contribution in [2.45, 2.75) is 18.5 Å². The molecule has 3 N–H and O–H groups in total. The fraction of sp³-hybridized carbons (Fsp3) is 0.333. The van der Waals surface area contributed by atoms with Crippen molar-refractivity contribution in [1.82, 2.24) is 20.2 Å². The van der Waals surface area contributed by atoms with Crippen molar-refractivity contribution >= 4 is 6.03 Å². The number of nitrogens with zero attached hydrogens (tertiary/aromatic N) is 2. The van der Waals surface area contributed by atoms with E-state index in [1.807, 2.05) is 19.2 Å². The maximum atomic E-state index is 13.6. The molecule has 25 heavy (non-hydrogen) atoms. The Balaban J connectivity index is 1.75. The topological polar surface area (TPSA) is 79.2 Å². The molecule has 0 bridgehead atoms. The third kappa shape index (κ3) is 4.06. The van der Waals surface area contributed by atoms with Gasteiger partial charge in [0.15, 0.2) is 0 Å². The highest BCUT2D eigenvalue weighted by Crippen LogP contribution is 2.22. The van der Waals surface area contributed by atoms with Crippen LogP contribution >= 0.6 is 0 Å². The Labute approximate surface area is 145 Å². The maximum Gasteiger partial charge on any atom is 0.316 e. The van der Waals surface area contributed by atoms with Crippen molar-refractivity contribution in [3.05, 3.63) is 66.0 Å². The molecule has 1 aromatic heterocycles. The van der Waals surface area contributed by atoms with E-state index >= 15 is 0 Å². The molecule has 3 atom stereocenters. The molecule has 1 aliphatic carbocycles. The first-order valence-corrected chi connectivity index (χ1v) is 8.15. The Morgan fingerprint density at radius 2 is 2.32 bits per heavy atom. The molecule has 3 rings (SSSR count). The number of benzene rings is 1. The molecule has 0 spiro atoms. The van der Waals surface area contributed by atoms with Crippen LogP contribution in [0.4, 0.5) is 9.18 Å². The van der Waals surface area contributed by atoms with E-state index in [9.17, 15) is 9.18 Å². The monoisotopic (exact) mass is 344 g/mol. The van der Waals surface area contributed by atoms with Gasteiger partial charge in [-0.05, 0) is 24.1 Å². The Morgan fingerprint density at radius 1 is 1.48 bits per heavy atom. The molecule has 1 aromatic carbocycles. The second kappa shape index (κ2) is 7.48. The van der Waals surface area contributed by atoms with Gasteiger partial charge in [-0.15, -0.1) is 0 Å². The van der Waals surface area contributed by atoms with E-state index in [0.29, 0.717) is 17.8 Å². The number of amides is 2. The van der Waals surface area contributed by atoms with Gasteiger partial charge in [0.25, 0.3) is 0 Å². The van der Waals surface area contributed by atoms with Crippen LogP contribution in [0.15, 0.2) is 48.8 Å². The van der Waals surface area contributed by atoms with Crippen LogP contribution in [0, 0.1) is 11.7 Å². The molecule has 0 radical (unpaired) electrons. The average molecular weight is 344 g/mol. The molecule has 1 unspecified atom stereocenters. The average Bonchev–Trinajstić information content (AvgIpc) is 3.21. The van der Waals surface area contributed by atoms with Crippen LogP contribution in [0.2, 0.25) is 0 Å². The van der Waals surface area contributed by atoms with E-state index in [0.717, 1.165) is 0 Å². The van der Waals surface area contributed by atoms with Gasteiger partial charge in [0, 0.05) is 38.0 Å². The molecule has 2 aromatic rings. The lowest BCUT2D eigenvalue weighted by molar-refractivity contribution is 0.229. The van der Waals surface area contributed by atoms with Crippen molar-refractivity contribution in [2.75, 3.05) is 6.61 Å². The largest absolute Gasteiger partial charge is 0.396 e. The van der Waals surface area contributed by atoms with Crippen molar-refractivity contribution in [3.63, 3.8) is 0 Å². The Kier molecular flexibility index (Phi) is 5.14. The van der Waals surface area contributed by atoms with Gasteiger partial charge in [0.2, 0.25) is 0 Å². The van der Waals surface area contributed by atoms with Gasteiger partial charge >= 0.3 is 6.03 Å². The van der Waals surface area contributed by atoms with Crippen LogP contribution < -0.4 is 10.6 Å². The lowest BCUT2D eigenvalue weighted by atomic mass is 10.1. The van der Waals surface area contributed by atoms with Crippen LogP contribution in [0.25, 0.3) is 0 Å². The number of urea groups is 1. The molecule has 1 heterocycles. The van der Waals surface area contributed by atoms with Crippen molar-refractivity contribution in [1.29, 1.82) is 0 Å². The highest BCUT2D eigenvalue weighted by molar-refractivity contribution is 5.75. The minimum Gasteiger partial charge on any atom is -0.396 e. The first kappa shape index (κ1) is 17.2. The second-order valence-corrected chi connectivity index (χ2v) is 6.17. The number of carbonyl (C=O) groups excluding carboxylic acids is 1. The summed E-state index contributed by atoms with van der Waals surface area (Å²) in [6, 6.07) is 5.02. The molecule has 6 nitrogen and oxygen atoms in total. The van der Waals surface area contributed by atoms with Gasteiger partial charge in [-0.25, -0.2) is 14.2 Å². The quantitative estimate of drug-likeness (QED) is 0.725. The minimum atomic E-state index is -0.574. The van der Waals surface area contributed by atoms with E-state index < -0.39 is 6.04 Å². The maximum absolute atomic E-state index is 13.6. The second-order valence-electron chi connectivity index (χ2n) is 6.17. The summed E-state index contributed by atoms with van der Waals surface area (Å²) in [4.78, 5) is 16.7. The minimum absolute atomic E-state index is 0.0650. The van der Waals surface area contributed by atoms with Gasteiger partial charge < -0.3 is 20.3 Å². The number of hydrogen-bond acceptors (Lipinski definition) is 3. The number of aryl methyl sites for hydroxylation is 1. The molecular formula is C18H21FN4O2. The van der Waals surface area contributed by atoms with Gasteiger partial charge in [-0.1, -0.05) is 24.3 Å². The summed E-state index contributed by atoms with van der Waals surface area (Å²) in [7, 11) is 1.82. The SMILES string of the molecule is Cn1ccnc1C(NC(=O)N[C@@H]1C=C[C@H](CO)C1)c1cccc(F)c1. The summed E-state index contributed by atoms with van der Waals surface area (Å²) < 4.78 is 15.4. The van der Waals surface area contributed by atoms with Crippen molar-refractivity contribution in [2.24, 2.45) is 13.0 Å². The lowest BCUT2D eigenvalue weighted by Gasteiger charge is -2.21. The molecule has 0 saturated carbocycles. The number of nitrogens with one attached hydrogen (secondary N) is 2. The Morgan fingerprint density at radius 3 is 2.96 bits per heavy atom. The van der Waals surface area contributed by atoms with Crippen LogP contribution in [-0.4, -0.2) is 33.3 Å². The van der Waals surface area contributed by atoms with E-state index in [2.05, 4.69) is 15.6 Å². The third-order valence-electron chi connectivity index (χ3n) is 4.30. The summed E-state index contributed by atoms with van der Waals surface area (Å²) in [5, 5.41) is 14.9. The highest BCUT2D eigenvalue weighted by Gasteiger charge is 2.24. The number of aliphatic hydroxyl groups excluding tert-OH is 1. The Hall–Kier alpha value is -2.67. The van der Waals surface area contributed by atoms with Gasteiger partial charge in [0.05, 0.1) is 0 Å². The fourth-order valence-electron chi connectivity index (χ4n) is 3.00. The molecule has 0 aliphatic heterocycles. The zero-order valence-corrected chi connectivity index (χ0v) is 13.9. The van der Waals surface area contributed by atoms with Crippen LogP contribution in [0.5, 0.6) is 0 Å². The summed E-state index contributed by atoms with van der Waals surface area (Å²) in [5.74, 6) is 0.304. The van der Waals surface area contributed by atoms with Crippen LogP contribution in [0.1, 0.15) is 23.9 Å². The molecule has 132 valence electrons. The molecule has 1 aliphatic rings. The third-order valence-corrected chi connectivity index (χ3v) is 4.30. The number of rotatable bonds is 5. The predicted molar refractivity (Wildman–Crippen MR) is 91.2 cm³/mol. The first-order valence-electron chi connectivity index (χ1n) is 8.15. The van der Waals surface area contributed by atoms with Crippen molar-refractivity contribution in [3.8, 4) is 0 Å². The molecular weight excluding hydrogens is 323 g/mol. The smallest absolute Gasteiger partial charge is 0.316 e. The highest BCUT2D eigenvalue weighted by atomic mass is 19.1. The lowest BCUT2D eigenvalue weighted by Crippen LogP contribution is -2.43. The van der Waals surface area contributed by atoms with Crippen LogP contribution in [-0.2, 0) is 7.05 Å². The number of aromatic nitrogens is 2. The number of halogens is 1. The molecule has 7 heteroatoms. The summed E-state index contributed by atoms with van der Waals surface area (Å²) >= 11 is 0. The zero-order chi connectivity index (χ0) is 17.8. The van der Waals surface area contributed by atoms with Gasteiger partial charge in [-0.2, -0.15) is 0 Å². The van der Waals surface area contributed by atoms with E-state index in [1.165, 1.54) is 12.1 Å². The van der Waals surface area contributed by atoms with Crippen molar-refractivity contribution < 1.29 is 14.3 Å². The summed E-state index contributed by atoms with van der Waals surface area (Å²) in [5.41, 5.74) is 0.611. The summed E-state index contributed by atoms with van der Waals surface area (Å²) in [6.45, 7) is 0.0650. The standard InChI is InChI=1S/C18H21FN4O2/c1-23-8-7-20-17(23)16(13-3-2-4-14(19)10-13)22-18(25)21-15-6-5-12(9-15)11-24/h2-8,10,12,15-16,24H,9,11H2,1H3,(H2,21,22,25)/t12-,15+,16?/m0/s1.